The smallest absolute Gasteiger partial charge is 0.260 e. The molecule has 0 spiro atoms. The Hall–Kier alpha value is -2.47. The molecule has 2 aliphatic rings. The first kappa shape index (κ1) is 15.1. The number of nitrogens with two attached hydrogens (primary N) is 2. The molecule has 0 radical (unpaired) electrons. The molecule has 0 saturated heterocycles. The van der Waals surface area contributed by atoms with Crippen molar-refractivity contribution in [1.82, 2.24) is 0 Å². The fourth-order valence-corrected chi connectivity index (χ4v) is 4.21. The summed E-state index contributed by atoms with van der Waals surface area (Å²) >= 11 is 1.35. The summed E-state index contributed by atoms with van der Waals surface area (Å²) in [7, 11) is 1.65. The molecule has 2 aromatic rings. The van der Waals surface area contributed by atoms with Gasteiger partial charge in [0.25, 0.3) is 5.91 Å². The van der Waals surface area contributed by atoms with Gasteiger partial charge in [0, 0.05) is 11.6 Å². The molecule has 1 saturated carbocycles. The molecule has 124 valence electrons. The van der Waals surface area contributed by atoms with Crippen molar-refractivity contribution in [2.75, 3.05) is 18.2 Å². The van der Waals surface area contributed by atoms with Crippen LogP contribution in [-0.4, -0.2) is 19.1 Å². The third-order valence-electron chi connectivity index (χ3n) is 4.61. The van der Waals surface area contributed by atoms with Crippen LogP contribution in [0.1, 0.15) is 33.6 Å². The Balaban J connectivity index is 1.84. The molecule has 2 heterocycles. The highest BCUT2D eigenvalue weighted by Gasteiger charge is 2.35. The number of rotatable bonds is 4. The molecule has 1 amide bonds. The van der Waals surface area contributed by atoms with E-state index in [1.807, 2.05) is 24.3 Å². The van der Waals surface area contributed by atoms with Crippen LogP contribution in [0, 0.1) is 5.92 Å². The molecule has 6 heteroatoms. The fourth-order valence-electron chi connectivity index (χ4n) is 3.17. The molecule has 5 N–H and O–H groups in total. The average Bonchev–Trinajstić information content (AvgIpc) is 3.38. The van der Waals surface area contributed by atoms with E-state index in [0.29, 0.717) is 16.5 Å². The molecule has 5 nitrogen and oxygen atoms in total. The molecule has 1 atom stereocenters. The Bertz CT molecular complexity index is 835. The van der Waals surface area contributed by atoms with Crippen LogP contribution in [0.2, 0.25) is 0 Å². The number of hydrogen-bond acceptors (Lipinski definition) is 5. The maximum Gasteiger partial charge on any atom is 0.260 e. The van der Waals surface area contributed by atoms with Crippen molar-refractivity contribution < 1.29 is 9.53 Å². The van der Waals surface area contributed by atoms with Crippen LogP contribution >= 0.6 is 11.3 Å². The number of carbonyl (C=O) groups excluding carboxylic acids is 1. The van der Waals surface area contributed by atoms with Gasteiger partial charge in [0.2, 0.25) is 0 Å². The van der Waals surface area contributed by atoms with Crippen molar-refractivity contribution in [3.63, 3.8) is 0 Å². The van der Waals surface area contributed by atoms with Gasteiger partial charge in [-0.05, 0) is 42.0 Å². The molecule has 1 aromatic heterocycles. The van der Waals surface area contributed by atoms with Crippen LogP contribution in [0.4, 0.5) is 10.7 Å². The second-order valence-corrected chi connectivity index (χ2v) is 7.25. The second-order valence-electron chi connectivity index (χ2n) is 6.23. The molecule has 1 aliphatic carbocycles. The lowest BCUT2D eigenvalue weighted by Crippen LogP contribution is -2.23. The van der Waals surface area contributed by atoms with E-state index in [-0.39, 0.29) is 6.04 Å². The van der Waals surface area contributed by atoms with E-state index in [4.69, 9.17) is 16.2 Å². The molecule has 24 heavy (non-hydrogen) atoms. The maximum atomic E-state index is 11.7. The zero-order valence-corrected chi connectivity index (χ0v) is 14.2. The Kier molecular flexibility index (Phi) is 3.49. The second kappa shape index (κ2) is 5.56. The number of primary amides is 1. The number of carbonyl (C=O) groups is 1. The summed E-state index contributed by atoms with van der Waals surface area (Å²) in [4.78, 5) is 12.1. The van der Waals surface area contributed by atoms with Crippen LogP contribution in [0.25, 0.3) is 5.57 Å². The van der Waals surface area contributed by atoms with E-state index >= 15 is 0 Å². The molecular formula is C18H19N3O2S. The van der Waals surface area contributed by atoms with E-state index in [1.54, 1.807) is 7.11 Å². The highest BCUT2D eigenvalue weighted by Crippen LogP contribution is 2.48. The Labute approximate surface area is 144 Å². The Morgan fingerprint density at radius 3 is 2.58 bits per heavy atom. The largest absolute Gasteiger partial charge is 0.497 e. The van der Waals surface area contributed by atoms with Crippen LogP contribution in [0.5, 0.6) is 5.75 Å². The number of ether oxygens (including phenoxy) is 1. The number of hydrogen-bond donors (Lipinski definition) is 3. The van der Waals surface area contributed by atoms with E-state index in [2.05, 4.69) is 11.4 Å². The van der Waals surface area contributed by atoms with Crippen molar-refractivity contribution in [3.8, 4) is 5.75 Å². The van der Waals surface area contributed by atoms with Crippen LogP contribution in [0.15, 0.2) is 30.3 Å². The summed E-state index contributed by atoms with van der Waals surface area (Å²) in [6.45, 7) is 0. The van der Waals surface area contributed by atoms with Gasteiger partial charge in [-0.2, -0.15) is 0 Å². The highest BCUT2D eigenvalue weighted by molar-refractivity contribution is 7.19. The molecule has 1 fully saturated rings. The van der Waals surface area contributed by atoms with Gasteiger partial charge in [-0.25, -0.2) is 0 Å². The summed E-state index contributed by atoms with van der Waals surface area (Å²) in [5.41, 5.74) is 15.2. The summed E-state index contributed by atoms with van der Waals surface area (Å²) in [6.07, 6.45) is 4.68. The number of anilines is 2. The van der Waals surface area contributed by atoms with Crippen molar-refractivity contribution >= 4 is 33.5 Å². The quantitative estimate of drug-likeness (QED) is 0.797. The SMILES string of the molecule is COc1ccc(C2=CC(C3CC3)Nc3sc(C(N)=O)c(N)c32)cc1. The van der Waals surface area contributed by atoms with Gasteiger partial charge in [-0.1, -0.05) is 18.2 Å². The number of fused-ring (bicyclic) bond motifs is 1. The van der Waals surface area contributed by atoms with E-state index < -0.39 is 5.91 Å². The van der Waals surface area contributed by atoms with Crippen LogP contribution in [-0.2, 0) is 0 Å². The minimum absolute atomic E-state index is 0.272. The number of benzene rings is 1. The molecule has 1 unspecified atom stereocenters. The number of methoxy groups -OCH3 is 1. The average molecular weight is 341 g/mol. The van der Waals surface area contributed by atoms with E-state index in [9.17, 15) is 4.79 Å². The minimum atomic E-state index is -0.481. The zero-order valence-electron chi connectivity index (χ0n) is 13.3. The van der Waals surface area contributed by atoms with Gasteiger partial charge in [-0.3, -0.25) is 4.79 Å². The predicted octanol–water partition coefficient (Wildman–Crippen LogP) is 3.07. The summed E-state index contributed by atoms with van der Waals surface area (Å²) in [6, 6.07) is 8.17. The van der Waals surface area contributed by atoms with Gasteiger partial charge < -0.3 is 21.5 Å². The number of thiophene rings is 1. The predicted molar refractivity (Wildman–Crippen MR) is 97.5 cm³/mol. The molecule has 1 aromatic carbocycles. The molecular weight excluding hydrogens is 322 g/mol. The van der Waals surface area contributed by atoms with Gasteiger partial charge in [0.15, 0.2) is 0 Å². The van der Waals surface area contributed by atoms with Crippen molar-refractivity contribution in [2.45, 2.75) is 18.9 Å². The first-order valence-corrected chi connectivity index (χ1v) is 8.75. The standard InChI is InChI=1S/C18H19N3O2S/c1-23-11-6-4-9(5-7-11)12-8-13(10-2-3-10)21-18-14(12)15(19)16(24-18)17(20)22/h4-8,10,13,21H,2-3,19H2,1H3,(H2,20,22). The van der Waals surface area contributed by atoms with Gasteiger partial charge in [0.1, 0.15) is 10.6 Å². The lowest BCUT2D eigenvalue weighted by molar-refractivity contribution is 0.100. The van der Waals surface area contributed by atoms with Crippen molar-refractivity contribution in [3.05, 3.63) is 46.3 Å². The third-order valence-corrected chi connectivity index (χ3v) is 5.76. The Morgan fingerprint density at radius 1 is 1.29 bits per heavy atom. The number of nitrogens with one attached hydrogen (secondary N) is 1. The highest BCUT2D eigenvalue weighted by atomic mass is 32.1. The van der Waals surface area contributed by atoms with Gasteiger partial charge in [-0.15, -0.1) is 11.3 Å². The lowest BCUT2D eigenvalue weighted by atomic mass is 9.92. The van der Waals surface area contributed by atoms with Gasteiger partial charge >= 0.3 is 0 Å². The molecule has 1 aliphatic heterocycles. The lowest BCUT2D eigenvalue weighted by Gasteiger charge is -2.24. The Morgan fingerprint density at radius 2 is 2.00 bits per heavy atom. The van der Waals surface area contributed by atoms with E-state index in [0.717, 1.165) is 27.5 Å². The fraction of sp³-hybridized carbons (Fsp3) is 0.278. The number of nitrogen functional groups attached to an aromatic ring is 1. The molecule has 4 rings (SSSR count). The van der Waals surface area contributed by atoms with Crippen LogP contribution in [0.3, 0.4) is 0 Å². The summed E-state index contributed by atoms with van der Waals surface area (Å²) in [5, 5.41) is 4.46. The topological polar surface area (TPSA) is 90.4 Å². The van der Waals surface area contributed by atoms with Crippen LogP contribution < -0.4 is 21.5 Å². The first-order valence-electron chi connectivity index (χ1n) is 7.93. The normalized spacial score (nSPS) is 19.2. The maximum absolute atomic E-state index is 11.7. The summed E-state index contributed by atoms with van der Waals surface area (Å²) < 4.78 is 5.24. The third kappa shape index (κ3) is 2.43. The van der Waals surface area contributed by atoms with E-state index in [1.165, 1.54) is 24.2 Å². The molecule has 0 bridgehead atoms. The zero-order chi connectivity index (χ0) is 16.8. The summed E-state index contributed by atoms with van der Waals surface area (Å²) in [5.74, 6) is 0.973. The minimum Gasteiger partial charge on any atom is -0.497 e. The van der Waals surface area contributed by atoms with Gasteiger partial charge in [0.05, 0.1) is 17.8 Å². The monoisotopic (exact) mass is 341 g/mol. The van der Waals surface area contributed by atoms with Crippen molar-refractivity contribution in [2.24, 2.45) is 11.7 Å². The van der Waals surface area contributed by atoms with Crippen molar-refractivity contribution in [1.29, 1.82) is 0 Å². The first-order chi connectivity index (χ1) is 11.6. The number of amides is 1.